The fraction of sp³-hybridized carbons (Fsp3) is 0.462. The number of aliphatic hydroxyl groups excluding tert-OH is 1. The maximum atomic E-state index is 10.2. The second-order valence-electron chi connectivity index (χ2n) is 5.11. The summed E-state index contributed by atoms with van der Waals surface area (Å²) in [6.45, 7) is 6.06. The van der Waals surface area contributed by atoms with Crippen molar-refractivity contribution in [3.8, 4) is 0 Å². The van der Waals surface area contributed by atoms with Gasteiger partial charge in [-0.25, -0.2) is 0 Å². The van der Waals surface area contributed by atoms with E-state index in [-0.39, 0.29) is 11.5 Å². The normalized spacial score (nSPS) is 25.1. The summed E-state index contributed by atoms with van der Waals surface area (Å²) in [5, 5.41) is 14.2. The lowest BCUT2D eigenvalue weighted by molar-refractivity contribution is 0.0202. The fourth-order valence-electron chi connectivity index (χ4n) is 1.84. The van der Waals surface area contributed by atoms with Gasteiger partial charge in [-0.05, 0) is 5.56 Å². The zero-order chi connectivity index (χ0) is 11.8. The van der Waals surface area contributed by atoms with Crippen LogP contribution >= 0.6 is 0 Å². The van der Waals surface area contributed by atoms with Gasteiger partial charge in [-0.15, -0.1) is 0 Å². The molecule has 1 aromatic rings. The molecule has 1 heterocycles. The Balaban J connectivity index is 2.21. The molecule has 0 unspecified atom stereocenters. The third kappa shape index (κ3) is 1.95. The van der Waals surface area contributed by atoms with Crippen LogP contribution in [-0.4, -0.2) is 16.9 Å². The Morgan fingerprint density at radius 2 is 1.81 bits per heavy atom. The fourth-order valence-corrected chi connectivity index (χ4v) is 1.84. The largest absolute Gasteiger partial charge is 0.384 e. The SMILES string of the molecule is CC(C)(C)C1=NO[C@H](c2ccccc2)[C@H]1O. The topological polar surface area (TPSA) is 41.8 Å². The Morgan fingerprint density at radius 1 is 1.19 bits per heavy atom. The van der Waals surface area contributed by atoms with E-state index in [2.05, 4.69) is 5.16 Å². The van der Waals surface area contributed by atoms with Gasteiger partial charge in [-0.2, -0.15) is 0 Å². The quantitative estimate of drug-likeness (QED) is 0.788. The van der Waals surface area contributed by atoms with Gasteiger partial charge in [-0.1, -0.05) is 56.3 Å². The van der Waals surface area contributed by atoms with Crippen molar-refractivity contribution in [1.29, 1.82) is 0 Å². The number of aliphatic hydroxyl groups is 1. The zero-order valence-electron chi connectivity index (χ0n) is 9.84. The van der Waals surface area contributed by atoms with Crippen LogP contribution in [-0.2, 0) is 4.84 Å². The van der Waals surface area contributed by atoms with Crippen LogP contribution in [0.15, 0.2) is 35.5 Å². The van der Waals surface area contributed by atoms with E-state index < -0.39 is 6.10 Å². The average molecular weight is 219 g/mol. The van der Waals surface area contributed by atoms with Crippen molar-refractivity contribution in [3.63, 3.8) is 0 Å². The Bertz CT molecular complexity index is 392. The molecule has 86 valence electrons. The van der Waals surface area contributed by atoms with Crippen LogP contribution < -0.4 is 0 Å². The number of hydrogen-bond donors (Lipinski definition) is 1. The third-order valence-electron chi connectivity index (χ3n) is 2.73. The van der Waals surface area contributed by atoms with Crippen molar-refractivity contribution < 1.29 is 9.94 Å². The Morgan fingerprint density at radius 3 is 2.31 bits per heavy atom. The molecular weight excluding hydrogens is 202 g/mol. The van der Waals surface area contributed by atoms with Crippen LogP contribution in [0.25, 0.3) is 0 Å². The minimum absolute atomic E-state index is 0.164. The minimum atomic E-state index is -0.651. The molecule has 0 aromatic heterocycles. The van der Waals surface area contributed by atoms with E-state index in [1.165, 1.54) is 0 Å². The molecule has 3 nitrogen and oxygen atoms in total. The molecule has 0 saturated carbocycles. The van der Waals surface area contributed by atoms with E-state index in [4.69, 9.17) is 4.84 Å². The zero-order valence-corrected chi connectivity index (χ0v) is 9.84. The molecule has 1 aromatic carbocycles. The highest BCUT2D eigenvalue weighted by Gasteiger charge is 2.39. The lowest BCUT2D eigenvalue weighted by Gasteiger charge is -2.21. The summed E-state index contributed by atoms with van der Waals surface area (Å²) >= 11 is 0. The van der Waals surface area contributed by atoms with Crippen LogP contribution in [0.5, 0.6) is 0 Å². The molecule has 1 aliphatic heterocycles. The van der Waals surface area contributed by atoms with Crippen LogP contribution in [0.4, 0.5) is 0 Å². The van der Waals surface area contributed by atoms with E-state index in [0.29, 0.717) is 5.71 Å². The minimum Gasteiger partial charge on any atom is -0.384 e. The highest BCUT2D eigenvalue weighted by Crippen LogP contribution is 2.33. The Kier molecular flexibility index (Phi) is 2.72. The van der Waals surface area contributed by atoms with E-state index in [1.807, 2.05) is 51.1 Å². The molecule has 1 aliphatic rings. The Labute approximate surface area is 95.7 Å². The van der Waals surface area contributed by atoms with Gasteiger partial charge in [0.15, 0.2) is 6.10 Å². The highest BCUT2D eigenvalue weighted by atomic mass is 16.7. The summed E-state index contributed by atoms with van der Waals surface area (Å²) in [6.07, 6.45) is -1.02. The van der Waals surface area contributed by atoms with Crippen LogP contribution in [0, 0.1) is 5.41 Å². The number of benzene rings is 1. The molecule has 2 rings (SSSR count). The molecule has 0 fully saturated rings. The van der Waals surface area contributed by atoms with Crippen LogP contribution in [0.3, 0.4) is 0 Å². The van der Waals surface area contributed by atoms with Crippen LogP contribution in [0.1, 0.15) is 32.4 Å². The van der Waals surface area contributed by atoms with E-state index in [0.717, 1.165) is 5.56 Å². The summed E-state index contributed by atoms with van der Waals surface area (Å²) in [5.41, 5.74) is 1.50. The second-order valence-corrected chi connectivity index (χ2v) is 5.11. The molecule has 0 spiro atoms. The third-order valence-corrected chi connectivity index (χ3v) is 2.73. The molecule has 0 aliphatic carbocycles. The first-order valence-electron chi connectivity index (χ1n) is 5.47. The first-order chi connectivity index (χ1) is 7.50. The van der Waals surface area contributed by atoms with E-state index in [1.54, 1.807) is 0 Å². The molecule has 3 heteroatoms. The van der Waals surface area contributed by atoms with Gasteiger partial charge in [0.25, 0.3) is 0 Å². The monoisotopic (exact) mass is 219 g/mol. The summed E-state index contributed by atoms with van der Waals surface area (Å²) in [6, 6.07) is 9.68. The maximum Gasteiger partial charge on any atom is 0.183 e. The molecular formula is C13H17NO2. The smallest absolute Gasteiger partial charge is 0.183 e. The highest BCUT2D eigenvalue weighted by molar-refractivity contribution is 5.94. The van der Waals surface area contributed by atoms with E-state index >= 15 is 0 Å². The lowest BCUT2D eigenvalue weighted by atomic mass is 9.84. The van der Waals surface area contributed by atoms with Gasteiger partial charge in [0, 0.05) is 5.41 Å². The molecule has 0 amide bonds. The molecule has 16 heavy (non-hydrogen) atoms. The number of hydrogen-bond acceptors (Lipinski definition) is 3. The van der Waals surface area contributed by atoms with Gasteiger partial charge in [0.2, 0.25) is 0 Å². The lowest BCUT2D eigenvalue weighted by Crippen LogP contribution is -2.32. The standard InChI is InChI=1S/C13H17NO2/c1-13(2,3)12-10(15)11(16-14-12)9-7-5-4-6-8-9/h4-8,10-11,15H,1-3H3/t10-,11-/m1/s1. The summed E-state index contributed by atoms with van der Waals surface area (Å²) in [4.78, 5) is 5.33. The van der Waals surface area contributed by atoms with Crippen molar-refractivity contribution in [1.82, 2.24) is 0 Å². The van der Waals surface area contributed by atoms with Crippen molar-refractivity contribution in [2.45, 2.75) is 33.0 Å². The molecule has 1 N–H and O–H groups in total. The predicted octanol–water partition coefficient (Wildman–Crippen LogP) is 2.52. The van der Waals surface area contributed by atoms with Gasteiger partial charge in [-0.3, -0.25) is 0 Å². The first kappa shape index (κ1) is 11.1. The molecule has 0 bridgehead atoms. The van der Waals surface area contributed by atoms with Gasteiger partial charge in [0.1, 0.15) is 6.10 Å². The first-order valence-corrected chi connectivity index (χ1v) is 5.47. The molecule has 0 saturated heterocycles. The van der Waals surface area contributed by atoms with Crippen molar-refractivity contribution in [3.05, 3.63) is 35.9 Å². The van der Waals surface area contributed by atoms with Gasteiger partial charge < -0.3 is 9.94 Å². The number of rotatable bonds is 1. The summed E-state index contributed by atoms with van der Waals surface area (Å²) < 4.78 is 0. The molecule has 0 radical (unpaired) electrons. The average Bonchev–Trinajstić information content (AvgIpc) is 2.61. The van der Waals surface area contributed by atoms with Crippen molar-refractivity contribution in [2.24, 2.45) is 10.6 Å². The predicted molar refractivity (Wildman–Crippen MR) is 63.2 cm³/mol. The number of nitrogens with zero attached hydrogens (tertiary/aromatic N) is 1. The number of oxime groups is 1. The van der Waals surface area contributed by atoms with Gasteiger partial charge >= 0.3 is 0 Å². The van der Waals surface area contributed by atoms with Crippen molar-refractivity contribution >= 4 is 5.71 Å². The molecule has 2 atom stereocenters. The Hall–Kier alpha value is -1.35. The van der Waals surface area contributed by atoms with Gasteiger partial charge in [0.05, 0.1) is 5.71 Å². The second kappa shape index (κ2) is 3.91. The van der Waals surface area contributed by atoms with Crippen molar-refractivity contribution in [2.75, 3.05) is 0 Å². The van der Waals surface area contributed by atoms with Crippen LogP contribution in [0.2, 0.25) is 0 Å². The summed E-state index contributed by atoms with van der Waals surface area (Å²) in [7, 11) is 0. The maximum absolute atomic E-state index is 10.2. The summed E-state index contributed by atoms with van der Waals surface area (Å²) in [5.74, 6) is 0. The van der Waals surface area contributed by atoms with E-state index in [9.17, 15) is 5.11 Å².